The molecule has 0 atom stereocenters. The predicted molar refractivity (Wildman–Crippen MR) is 109 cm³/mol. The molecule has 1 aliphatic heterocycles. The molecule has 2 aromatic carbocycles. The van der Waals surface area contributed by atoms with E-state index in [0.29, 0.717) is 0 Å². The number of anilines is 1. The Hall–Kier alpha value is -1.69. The Kier molecular flexibility index (Phi) is 5.15. The number of hydrogen-bond acceptors (Lipinski definition) is 4. The van der Waals surface area contributed by atoms with Crippen LogP contribution in [0, 0.1) is 0 Å². The molecular weight excluding hydrogens is 394 g/mol. The Labute approximate surface area is 161 Å². The van der Waals surface area contributed by atoms with E-state index < -0.39 is 0 Å². The van der Waals surface area contributed by atoms with E-state index in [2.05, 4.69) is 85.7 Å². The lowest BCUT2D eigenvalue weighted by atomic mass is 10.2. The second-order valence-electron chi connectivity index (χ2n) is 6.23. The molecule has 25 heavy (non-hydrogen) atoms. The molecule has 4 rings (SSSR count). The van der Waals surface area contributed by atoms with E-state index in [1.165, 1.54) is 16.3 Å². The van der Waals surface area contributed by atoms with Crippen molar-refractivity contribution in [1.82, 2.24) is 9.88 Å². The van der Waals surface area contributed by atoms with Crippen LogP contribution in [0.3, 0.4) is 0 Å². The van der Waals surface area contributed by atoms with Gasteiger partial charge in [-0.15, -0.1) is 11.3 Å². The van der Waals surface area contributed by atoms with Gasteiger partial charge in [0, 0.05) is 47.3 Å². The lowest BCUT2D eigenvalue weighted by Crippen LogP contribution is -2.45. The van der Waals surface area contributed by atoms with Crippen LogP contribution >= 0.6 is 27.3 Å². The van der Waals surface area contributed by atoms with Gasteiger partial charge in [0.25, 0.3) is 0 Å². The Morgan fingerprint density at radius 2 is 1.64 bits per heavy atom. The van der Waals surface area contributed by atoms with E-state index in [1.807, 2.05) is 0 Å². The van der Waals surface area contributed by atoms with Crippen LogP contribution < -0.4 is 4.90 Å². The molecule has 0 aliphatic carbocycles. The third-order valence-electron chi connectivity index (χ3n) is 4.54. The first-order valence-corrected chi connectivity index (χ1v) is 10.2. The summed E-state index contributed by atoms with van der Waals surface area (Å²) in [6.07, 6.45) is 0. The third-order valence-corrected chi connectivity index (χ3v) is 5.91. The molecule has 1 aliphatic rings. The van der Waals surface area contributed by atoms with Crippen molar-refractivity contribution in [2.75, 3.05) is 31.1 Å². The topological polar surface area (TPSA) is 19.4 Å². The van der Waals surface area contributed by atoms with Crippen molar-refractivity contribution < 1.29 is 0 Å². The average molecular weight is 414 g/mol. The van der Waals surface area contributed by atoms with Gasteiger partial charge < -0.3 is 4.90 Å². The Morgan fingerprint density at radius 3 is 2.36 bits per heavy atom. The van der Waals surface area contributed by atoms with E-state index in [1.54, 1.807) is 11.3 Å². The minimum atomic E-state index is 0.948. The van der Waals surface area contributed by atoms with Gasteiger partial charge in [-0.3, -0.25) is 4.90 Å². The molecule has 0 N–H and O–H groups in total. The molecule has 5 heteroatoms. The second kappa shape index (κ2) is 7.68. The van der Waals surface area contributed by atoms with Gasteiger partial charge in [0.15, 0.2) is 0 Å². The summed E-state index contributed by atoms with van der Waals surface area (Å²) < 4.78 is 1.10. The smallest absolute Gasteiger partial charge is 0.107 e. The first-order valence-electron chi connectivity index (χ1n) is 8.51. The maximum absolute atomic E-state index is 4.83. The van der Waals surface area contributed by atoms with Crippen molar-refractivity contribution in [2.45, 2.75) is 6.54 Å². The van der Waals surface area contributed by atoms with E-state index in [0.717, 1.165) is 42.9 Å². The Bertz CT molecular complexity index is 808. The lowest BCUT2D eigenvalue weighted by molar-refractivity contribution is 0.249. The molecule has 128 valence electrons. The van der Waals surface area contributed by atoms with E-state index in [-0.39, 0.29) is 0 Å². The first kappa shape index (κ1) is 16.8. The fourth-order valence-corrected chi connectivity index (χ4v) is 4.24. The highest BCUT2D eigenvalue weighted by atomic mass is 79.9. The number of para-hydroxylation sites is 1. The van der Waals surface area contributed by atoms with Gasteiger partial charge in [-0.25, -0.2) is 4.98 Å². The number of thiazole rings is 1. The number of piperazine rings is 1. The molecule has 2 heterocycles. The number of aromatic nitrogens is 1. The van der Waals surface area contributed by atoms with E-state index >= 15 is 0 Å². The Balaban J connectivity index is 1.35. The molecule has 0 amide bonds. The van der Waals surface area contributed by atoms with Crippen molar-refractivity contribution in [1.29, 1.82) is 0 Å². The van der Waals surface area contributed by atoms with Crippen LogP contribution in [0.25, 0.3) is 11.3 Å². The Morgan fingerprint density at radius 1 is 0.920 bits per heavy atom. The van der Waals surface area contributed by atoms with Crippen molar-refractivity contribution >= 4 is 33.0 Å². The van der Waals surface area contributed by atoms with Gasteiger partial charge in [-0.05, 0) is 24.3 Å². The molecule has 0 spiro atoms. The quantitative estimate of drug-likeness (QED) is 0.606. The van der Waals surface area contributed by atoms with E-state index in [9.17, 15) is 0 Å². The summed E-state index contributed by atoms with van der Waals surface area (Å²) in [6.45, 7) is 5.28. The third kappa shape index (κ3) is 4.11. The molecule has 3 aromatic rings. The first-order chi connectivity index (χ1) is 12.3. The van der Waals surface area contributed by atoms with Crippen LogP contribution in [0.2, 0.25) is 0 Å². The lowest BCUT2D eigenvalue weighted by Gasteiger charge is -2.35. The van der Waals surface area contributed by atoms with Gasteiger partial charge in [0.1, 0.15) is 5.01 Å². The number of nitrogens with zero attached hydrogens (tertiary/aromatic N) is 3. The van der Waals surface area contributed by atoms with Gasteiger partial charge in [-0.1, -0.05) is 46.3 Å². The highest BCUT2D eigenvalue weighted by molar-refractivity contribution is 9.10. The van der Waals surface area contributed by atoms with Gasteiger partial charge >= 0.3 is 0 Å². The molecule has 1 aromatic heterocycles. The van der Waals surface area contributed by atoms with Gasteiger partial charge in [0.2, 0.25) is 0 Å². The number of benzene rings is 2. The molecule has 3 nitrogen and oxygen atoms in total. The molecule has 1 fully saturated rings. The summed E-state index contributed by atoms with van der Waals surface area (Å²) >= 11 is 5.24. The fraction of sp³-hybridized carbons (Fsp3) is 0.250. The van der Waals surface area contributed by atoms with Crippen LogP contribution in [0.15, 0.2) is 64.5 Å². The minimum absolute atomic E-state index is 0.948. The van der Waals surface area contributed by atoms with Crippen LogP contribution in [0.1, 0.15) is 5.01 Å². The number of rotatable bonds is 4. The van der Waals surface area contributed by atoms with Crippen LogP contribution in [0.4, 0.5) is 5.69 Å². The van der Waals surface area contributed by atoms with Crippen LogP contribution in [0.5, 0.6) is 0 Å². The summed E-state index contributed by atoms with van der Waals surface area (Å²) in [5.74, 6) is 0. The molecule has 0 bridgehead atoms. The van der Waals surface area contributed by atoms with Crippen LogP contribution in [-0.4, -0.2) is 36.1 Å². The van der Waals surface area contributed by atoms with Gasteiger partial charge in [0.05, 0.1) is 12.2 Å². The molecule has 0 saturated carbocycles. The number of halogens is 1. The molecular formula is C20H20BrN3S. The zero-order chi connectivity index (χ0) is 17.1. The highest BCUT2D eigenvalue weighted by Crippen LogP contribution is 2.25. The SMILES string of the molecule is Brc1ccc(-c2csc(CN3CCN(c4ccccc4)CC3)n2)cc1. The number of hydrogen-bond donors (Lipinski definition) is 0. The monoisotopic (exact) mass is 413 g/mol. The largest absolute Gasteiger partial charge is 0.369 e. The average Bonchev–Trinajstić information content (AvgIpc) is 3.12. The van der Waals surface area contributed by atoms with Crippen molar-refractivity contribution in [3.8, 4) is 11.3 Å². The normalized spacial score (nSPS) is 15.5. The summed E-state index contributed by atoms with van der Waals surface area (Å²) in [5, 5.41) is 3.37. The second-order valence-corrected chi connectivity index (χ2v) is 8.09. The van der Waals surface area contributed by atoms with Crippen molar-refractivity contribution in [3.63, 3.8) is 0 Å². The zero-order valence-corrected chi connectivity index (χ0v) is 16.3. The summed E-state index contributed by atoms with van der Waals surface area (Å²) in [5.41, 5.74) is 3.59. The highest BCUT2D eigenvalue weighted by Gasteiger charge is 2.18. The summed E-state index contributed by atoms with van der Waals surface area (Å²) in [6, 6.07) is 19.0. The maximum atomic E-state index is 4.83. The standard InChI is InChI=1S/C20H20BrN3S/c21-17-8-6-16(7-9-17)19-15-25-20(22-19)14-23-10-12-24(13-11-23)18-4-2-1-3-5-18/h1-9,15H,10-14H2. The van der Waals surface area contributed by atoms with Crippen LogP contribution in [-0.2, 0) is 6.54 Å². The molecule has 1 saturated heterocycles. The summed E-state index contributed by atoms with van der Waals surface area (Å²) in [4.78, 5) is 9.80. The predicted octanol–water partition coefficient (Wildman–Crippen LogP) is 4.89. The fourth-order valence-electron chi connectivity index (χ4n) is 3.13. The molecule has 0 unspecified atom stereocenters. The zero-order valence-electron chi connectivity index (χ0n) is 13.9. The summed E-state index contributed by atoms with van der Waals surface area (Å²) in [7, 11) is 0. The minimum Gasteiger partial charge on any atom is -0.369 e. The maximum Gasteiger partial charge on any atom is 0.107 e. The van der Waals surface area contributed by atoms with Crippen molar-refractivity contribution in [3.05, 3.63) is 69.5 Å². The van der Waals surface area contributed by atoms with Gasteiger partial charge in [-0.2, -0.15) is 0 Å². The molecule has 0 radical (unpaired) electrons. The van der Waals surface area contributed by atoms with Crippen molar-refractivity contribution in [2.24, 2.45) is 0 Å². The van der Waals surface area contributed by atoms with E-state index in [4.69, 9.17) is 4.98 Å².